The van der Waals surface area contributed by atoms with Crippen LogP contribution in [-0.4, -0.2) is 4.67 Å². The maximum atomic E-state index is 15.2. The lowest BCUT2D eigenvalue weighted by molar-refractivity contribution is 0.275. The smallest absolute Gasteiger partial charge is 0.404 e. The number of benzene rings is 6. The number of fused-ring (bicyclic) bond motifs is 2. The van der Waals surface area contributed by atoms with Gasteiger partial charge in [0.1, 0.15) is 11.5 Å². The lowest BCUT2D eigenvalue weighted by Gasteiger charge is -2.31. The molecule has 6 aromatic rings. The van der Waals surface area contributed by atoms with Crippen molar-refractivity contribution in [2.24, 2.45) is 0 Å². The summed E-state index contributed by atoms with van der Waals surface area (Å²) in [4.78, 5) is 0. The van der Waals surface area contributed by atoms with Gasteiger partial charge in [-0.25, -0.2) is 4.57 Å². The first-order chi connectivity index (χ1) is 19.2. The van der Waals surface area contributed by atoms with E-state index in [1.807, 2.05) is 150 Å². The Hall–Kier alpha value is -4.37. The molecule has 0 fully saturated rings. The molecule has 0 amide bonds. The van der Waals surface area contributed by atoms with Gasteiger partial charge in [0, 0.05) is 23.9 Å². The van der Waals surface area contributed by atoms with Crippen LogP contribution in [0.3, 0.4) is 0 Å². The third-order valence-electron chi connectivity index (χ3n) is 6.69. The van der Waals surface area contributed by atoms with E-state index in [9.17, 15) is 0 Å². The first-order valence-corrected chi connectivity index (χ1v) is 14.5. The van der Waals surface area contributed by atoms with Crippen molar-refractivity contribution in [2.45, 2.75) is 13.1 Å². The summed E-state index contributed by atoms with van der Waals surface area (Å²) in [5, 5.41) is 3.76. The fraction of sp³-hybridized carbons (Fsp3) is 0.0588. The van der Waals surface area contributed by atoms with Crippen molar-refractivity contribution in [3.63, 3.8) is 0 Å². The van der Waals surface area contributed by atoms with Gasteiger partial charge >= 0.3 is 7.75 Å². The van der Waals surface area contributed by atoms with E-state index in [2.05, 4.69) is 0 Å². The number of rotatable bonds is 9. The second-order valence-corrected chi connectivity index (χ2v) is 11.3. The van der Waals surface area contributed by atoms with Gasteiger partial charge in [0.15, 0.2) is 0 Å². The van der Waals surface area contributed by atoms with E-state index in [1.54, 1.807) is 0 Å². The molecule has 0 aliphatic carbocycles. The summed E-state index contributed by atoms with van der Waals surface area (Å²) in [6, 6.07) is 47.4. The Morgan fingerprint density at radius 2 is 0.846 bits per heavy atom. The second-order valence-electron chi connectivity index (χ2n) is 9.40. The van der Waals surface area contributed by atoms with Gasteiger partial charge in [-0.1, -0.05) is 133 Å². The molecule has 192 valence electrons. The van der Waals surface area contributed by atoms with Crippen molar-refractivity contribution in [1.82, 2.24) is 4.67 Å². The van der Waals surface area contributed by atoms with E-state index in [0.29, 0.717) is 24.6 Å². The summed E-state index contributed by atoms with van der Waals surface area (Å²) in [7, 11) is -3.98. The Bertz CT molecular complexity index is 1620. The molecule has 0 bridgehead atoms. The monoisotopic (exact) mass is 529 g/mol. The lowest BCUT2D eigenvalue weighted by atomic mass is 10.1. The molecule has 0 heterocycles. The maximum Gasteiger partial charge on any atom is 0.516 e. The average molecular weight is 530 g/mol. The summed E-state index contributed by atoms with van der Waals surface area (Å²) in [6.45, 7) is 0.755. The molecular formula is C34H28NO3P. The Balaban J connectivity index is 1.49. The third kappa shape index (κ3) is 5.58. The molecular weight excluding hydrogens is 501 g/mol. The Labute approximate surface area is 228 Å². The van der Waals surface area contributed by atoms with Gasteiger partial charge in [-0.2, -0.15) is 4.67 Å². The first-order valence-electron chi connectivity index (χ1n) is 13.0. The standard InChI is InChI=1S/C34H28NO3P/c36-39(37-33-23-11-19-29-17-7-9-21-31(29)33,38-34-24-12-20-30-18-8-10-22-32(30)34)35(25-27-13-3-1-4-14-27)26-28-15-5-2-6-16-28/h1-24H,25-26H2. The molecule has 6 rings (SSSR count). The van der Waals surface area contributed by atoms with E-state index in [4.69, 9.17) is 9.05 Å². The van der Waals surface area contributed by atoms with E-state index in [-0.39, 0.29) is 0 Å². The van der Waals surface area contributed by atoms with Crippen LogP contribution in [0.5, 0.6) is 11.5 Å². The fourth-order valence-electron chi connectivity index (χ4n) is 4.75. The fourth-order valence-corrected chi connectivity index (χ4v) is 6.51. The van der Waals surface area contributed by atoms with Crippen LogP contribution in [0.25, 0.3) is 21.5 Å². The zero-order chi connectivity index (χ0) is 26.5. The Morgan fingerprint density at radius 3 is 1.31 bits per heavy atom. The number of hydrogen-bond acceptors (Lipinski definition) is 3. The van der Waals surface area contributed by atoms with Crippen LogP contribution in [-0.2, 0) is 17.7 Å². The molecule has 6 aromatic carbocycles. The third-order valence-corrected chi connectivity index (χ3v) is 8.52. The highest BCUT2D eigenvalue weighted by Crippen LogP contribution is 2.55. The molecule has 39 heavy (non-hydrogen) atoms. The van der Waals surface area contributed by atoms with Crippen LogP contribution in [0.2, 0.25) is 0 Å². The molecule has 4 nitrogen and oxygen atoms in total. The van der Waals surface area contributed by atoms with Gasteiger partial charge < -0.3 is 9.05 Å². The van der Waals surface area contributed by atoms with Gasteiger partial charge in [-0.15, -0.1) is 0 Å². The minimum absolute atomic E-state index is 0.378. The van der Waals surface area contributed by atoms with Crippen LogP contribution in [0.15, 0.2) is 146 Å². The molecule has 0 aliphatic heterocycles. The zero-order valence-corrected chi connectivity index (χ0v) is 22.3. The normalized spacial score (nSPS) is 11.6. The SMILES string of the molecule is O=P(Oc1cccc2ccccc12)(Oc1cccc2ccccc12)N(Cc1ccccc1)Cc1ccccc1. The van der Waals surface area contributed by atoms with Crippen LogP contribution < -0.4 is 9.05 Å². The van der Waals surface area contributed by atoms with E-state index in [1.165, 1.54) is 0 Å². The molecule has 0 spiro atoms. The van der Waals surface area contributed by atoms with E-state index < -0.39 is 7.75 Å². The molecule has 0 N–H and O–H groups in total. The van der Waals surface area contributed by atoms with Crippen LogP contribution in [0, 0.1) is 0 Å². The van der Waals surface area contributed by atoms with Crippen molar-refractivity contribution in [1.29, 1.82) is 0 Å². The first kappa shape index (κ1) is 24.9. The van der Waals surface area contributed by atoms with Crippen LogP contribution in [0.4, 0.5) is 0 Å². The van der Waals surface area contributed by atoms with Crippen LogP contribution in [0.1, 0.15) is 11.1 Å². The van der Waals surface area contributed by atoms with Crippen molar-refractivity contribution in [3.8, 4) is 11.5 Å². The van der Waals surface area contributed by atoms with E-state index >= 15 is 4.57 Å². The van der Waals surface area contributed by atoms with Gasteiger partial charge in [-0.05, 0) is 34.0 Å². The number of hydrogen-bond donors (Lipinski definition) is 0. The molecule has 0 saturated heterocycles. The molecule has 0 aromatic heterocycles. The molecule has 5 heteroatoms. The highest BCUT2D eigenvalue weighted by Gasteiger charge is 2.38. The predicted octanol–water partition coefficient (Wildman–Crippen LogP) is 9.26. The number of nitrogens with zero attached hydrogens (tertiary/aromatic N) is 1. The zero-order valence-electron chi connectivity index (χ0n) is 21.4. The van der Waals surface area contributed by atoms with Crippen molar-refractivity contribution < 1.29 is 13.6 Å². The molecule has 0 aliphatic rings. The van der Waals surface area contributed by atoms with Crippen molar-refractivity contribution in [2.75, 3.05) is 0 Å². The molecule has 0 atom stereocenters. The van der Waals surface area contributed by atoms with Crippen molar-refractivity contribution >= 4 is 29.3 Å². The summed E-state index contributed by atoms with van der Waals surface area (Å²) >= 11 is 0. The minimum Gasteiger partial charge on any atom is -0.404 e. The topological polar surface area (TPSA) is 38.8 Å². The van der Waals surface area contributed by atoms with Gasteiger partial charge in [0.05, 0.1) is 0 Å². The van der Waals surface area contributed by atoms with E-state index in [0.717, 1.165) is 32.7 Å². The molecule has 0 saturated carbocycles. The van der Waals surface area contributed by atoms with Crippen molar-refractivity contribution in [3.05, 3.63) is 157 Å². The van der Waals surface area contributed by atoms with Gasteiger partial charge in [0.25, 0.3) is 0 Å². The van der Waals surface area contributed by atoms with Gasteiger partial charge in [0.2, 0.25) is 0 Å². The average Bonchev–Trinajstić information content (AvgIpc) is 2.98. The predicted molar refractivity (Wildman–Crippen MR) is 159 cm³/mol. The summed E-state index contributed by atoms with van der Waals surface area (Å²) in [5.74, 6) is 1.03. The van der Waals surface area contributed by atoms with Crippen LogP contribution >= 0.6 is 7.75 Å². The lowest BCUT2D eigenvalue weighted by Crippen LogP contribution is -2.25. The molecule has 0 radical (unpaired) electrons. The largest absolute Gasteiger partial charge is 0.516 e. The minimum atomic E-state index is -3.98. The quantitative estimate of drug-likeness (QED) is 0.175. The Kier molecular flexibility index (Phi) is 7.14. The summed E-state index contributed by atoms with van der Waals surface area (Å²) in [5.41, 5.74) is 2.02. The second kappa shape index (κ2) is 11.2. The highest BCUT2D eigenvalue weighted by molar-refractivity contribution is 7.52. The Morgan fingerprint density at radius 1 is 0.462 bits per heavy atom. The van der Waals surface area contributed by atoms with Gasteiger partial charge in [-0.3, -0.25) is 0 Å². The maximum absolute atomic E-state index is 15.2. The summed E-state index contributed by atoms with van der Waals surface area (Å²) < 4.78 is 30.1. The highest BCUT2D eigenvalue weighted by atomic mass is 31.2. The molecule has 0 unspecified atom stereocenters. The summed E-state index contributed by atoms with van der Waals surface area (Å²) in [6.07, 6.45) is 0.